The number of nitrogens with one attached hydrogen (secondary N) is 2. The molecule has 8 nitrogen and oxygen atoms in total. The fourth-order valence-corrected chi connectivity index (χ4v) is 3.09. The van der Waals surface area contributed by atoms with E-state index < -0.39 is 28.5 Å². The van der Waals surface area contributed by atoms with Gasteiger partial charge in [-0.05, 0) is 42.5 Å². The largest absolute Gasteiger partial charge is 0.452 e. The lowest BCUT2D eigenvalue weighted by atomic mass is 10.2. The topological polar surface area (TPSA) is 114 Å². The first kappa shape index (κ1) is 19.3. The number of hydrogen-bond donors (Lipinski definition) is 2. The molecule has 0 radical (unpaired) electrons. The van der Waals surface area contributed by atoms with E-state index in [2.05, 4.69) is 15.0 Å². The van der Waals surface area contributed by atoms with Gasteiger partial charge in [0.1, 0.15) is 0 Å². The van der Waals surface area contributed by atoms with Gasteiger partial charge in [0.2, 0.25) is 10.0 Å². The molecule has 0 aliphatic heterocycles. The first-order chi connectivity index (χ1) is 13.3. The van der Waals surface area contributed by atoms with Crippen molar-refractivity contribution in [3.63, 3.8) is 0 Å². The highest BCUT2D eigenvalue weighted by atomic mass is 32.2. The number of hydrogen-bond acceptors (Lipinski definition) is 6. The second kappa shape index (κ2) is 8.05. The van der Waals surface area contributed by atoms with Crippen LogP contribution in [0.2, 0.25) is 0 Å². The van der Waals surface area contributed by atoms with Crippen molar-refractivity contribution >= 4 is 44.2 Å². The number of aromatic nitrogens is 1. The number of ether oxygens (including phenoxy) is 1. The van der Waals surface area contributed by atoms with E-state index in [1.165, 1.54) is 24.3 Å². The first-order valence-electron chi connectivity index (χ1n) is 8.20. The van der Waals surface area contributed by atoms with Crippen molar-refractivity contribution in [3.05, 3.63) is 66.4 Å². The summed E-state index contributed by atoms with van der Waals surface area (Å²) in [5.74, 6) is -1.25. The van der Waals surface area contributed by atoms with E-state index >= 15 is 0 Å². The molecule has 2 N–H and O–H groups in total. The number of nitrogens with zero attached hydrogens (tertiary/aromatic N) is 1. The minimum Gasteiger partial charge on any atom is -0.452 e. The van der Waals surface area contributed by atoms with Crippen LogP contribution in [0.4, 0.5) is 11.4 Å². The van der Waals surface area contributed by atoms with Gasteiger partial charge < -0.3 is 10.1 Å². The van der Waals surface area contributed by atoms with E-state index in [9.17, 15) is 18.0 Å². The summed E-state index contributed by atoms with van der Waals surface area (Å²) in [6.07, 6.45) is 2.66. The van der Waals surface area contributed by atoms with E-state index in [0.717, 1.165) is 17.2 Å². The maximum Gasteiger partial charge on any atom is 0.338 e. The maximum absolute atomic E-state index is 12.1. The Hall–Kier alpha value is -3.46. The summed E-state index contributed by atoms with van der Waals surface area (Å²) in [7, 11) is -3.47. The van der Waals surface area contributed by atoms with Crippen molar-refractivity contribution in [2.45, 2.75) is 0 Å². The third-order valence-corrected chi connectivity index (χ3v) is 4.26. The SMILES string of the molecule is CS(=O)(=O)Nc1cccc(C(=O)OCC(=O)Nc2cccc3ncccc23)c1. The van der Waals surface area contributed by atoms with Gasteiger partial charge in [0.15, 0.2) is 6.61 Å². The van der Waals surface area contributed by atoms with Crippen LogP contribution in [0, 0.1) is 0 Å². The lowest BCUT2D eigenvalue weighted by Crippen LogP contribution is -2.21. The molecule has 0 aliphatic carbocycles. The standard InChI is InChI=1S/C19H17N3O5S/c1-28(25,26)22-14-6-2-5-13(11-14)19(24)27-12-18(23)21-17-9-3-8-16-15(17)7-4-10-20-16/h2-11,22H,12H2,1H3,(H,21,23). The Morgan fingerprint density at radius 1 is 1.07 bits per heavy atom. The smallest absolute Gasteiger partial charge is 0.338 e. The molecule has 1 heterocycles. The highest BCUT2D eigenvalue weighted by Gasteiger charge is 2.13. The highest BCUT2D eigenvalue weighted by molar-refractivity contribution is 7.92. The van der Waals surface area contributed by atoms with E-state index in [1.807, 2.05) is 12.1 Å². The molecular weight excluding hydrogens is 382 g/mol. The lowest BCUT2D eigenvalue weighted by molar-refractivity contribution is -0.119. The van der Waals surface area contributed by atoms with Crippen molar-refractivity contribution in [2.75, 3.05) is 22.9 Å². The average Bonchev–Trinajstić information content (AvgIpc) is 2.65. The highest BCUT2D eigenvalue weighted by Crippen LogP contribution is 2.21. The predicted molar refractivity (Wildman–Crippen MR) is 106 cm³/mol. The quantitative estimate of drug-likeness (QED) is 0.615. The zero-order chi connectivity index (χ0) is 20.1. The van der Waals surface area contributed by atoms with Crippen LogP contribution in [0.15, 0.2) is 60.8 Å². The molecule has 0 spiro atoms. The molecule has 2 aromatic carbocycles. The number of sulfonamides is 1. The molecule has 0 aliphatic rings. The molecule has 3 rings (SSSR count). The molecule has 0 saturated heterocycles. The Labute approximate surface area is 161 Å². The second-order valence-corrected chi connectivity index (χ2v) is 7.70. The summed E-state index contributed by atoms with van der Waals surface area (Å²) in [4.78, 5) is 28.5. The number of benzene rings is 2. The normalized spacial score (nSPS) is 11.0. The number of esters is 1. The van der Waals surface area contributed by atoms with Crippen LogP contribution in [0.5, 0.6) is 0 Å². The summed E-state index contributed by atoms with van der Waals surface area (Å²) >= 11 is 0. The molecule has 9 heteroatoms. The molecule has 0 bridgehead atoms. The van der Waals surface area contributed by atoms with Crippen LogP contribution in [-0.2, 0) is 19.6 Å². The van der Waals surface area contributed by atoms with Gasteiger partial charge in [-0.15, -0.1) is 0 Å². The fourth-order valence-electron chi connectivity index (χ4n) is 2.54. The summed E-state index contributed by atoms with van der Waals surface area (Å²) in [6, 6.07) is 14.7. The molecular formula is C19H17N3O5S. The Morgan fingerprint density at radius 3 is 2.64 bits per heavy atom. The Balaban J connectivity index is 1.63. The summed E-state index contributed by atoms with van der Waals surface area (Å²) in [5, 5.41) is 3.45. The number of carbonyl (C=O) groups is 2. The third-order valence-electron chi connectivity index (χ3n) is 3.66. The van der Waals surface area contributed by atoms with Gasteiger partial charge in [-0.1, -0.05) is 12.1 Å². The maximum atomic E-state index is 12.1. The van der Waals surface area contributed by atoms with E-state index in [0.29, 0.717) is 5.69 Å². The molecule has 0 unspecified atom stereocenters. The predicted octanol–water partition coefficient (Wildman–Crippen LogP) is 2.40. The molecule has 1 amide bonds. The van der Waals surface area contributed by atoms with Crippen molar-refractivity contribution in [3.8, 4) is 0 Å². The van der Waals surface area contributed by atoms with E-state index in [4.69, 9.17) is 4.74 Å². The molecule has 1 aromatic heterocycles. The third kappa shape index (κ3) is 5.04. The Bertz CT molecular complexity index is 1140. The Morgan fingerprint density at radius 2 is 1.86 bits per heavy atom. The van der Waals surface area contributed by atoms with Crippen LogP contribution >= 0.6 is 0 Å². The first-order valence-corrected chi connectivity index (χ1v) is 10.1. The average molecular weight is 399 g/mol. The van der Waals surface area contributed by atoms with Crippen LogP contribution in [-0.4, -0.2) is 38.1 Å². The minimum absolute atomic E-state index is 0.121. The molecule has 0 saturated carbocycles. The monoisotopic (exact) mass is 399 g/mol. The van der Waals surface area contributed by atoms with Crippen LogP contribution < -0.4 is 10.0 Å². The van der Waals surface area contributed by atoms with Gasteiger partial charge in [-0.25, -0.2) is 13.2 Å². The molecule has 0 fully saturated rings. The molecule has 28 heavy (non-hydrogen) atoms. The van der Waals surface area contributed by atoms with Gasteiger partial charge in [0, 0.05) is 17.3 Å². The van der Waals surface area contributed by atoms with E-state index in [1.54, 1.807) is 24.4 Å². The number of carbonyl (C=O) groups excluding carboxylic acids is 2. The number of rotatable bonds is 6. The van der Waals surface area contributed by atoms with Gasteiger partial charge in [-0.2, -0.15) is 0 Å². The van der Waals surface area contributed by atoms with Crippen molar-refractivity contribution in [1.82, 2.24) is 4.98 Å². The van der Waals surface area contributed by atoms with Crippen LogP contribution in [0.25, 0.3) is 10.9 Å². The minimum atomic E-state index is -3.47. The van der Waals surface area contributed by atoms with Crippen molar-refractivity contribution < 1.29 is 22.7 Å². The number of fused-ring (bicyclic) bond motifs is 1. The fraction of sp³-hybridized carbons (Fsp3) is 0.105. The number of pyridine rings is 1. The zero-order valence-corrected chi connectivity index (χ0v) is 15.7. The summed E-state index contributed by atoms with van der Waals surface area (Å²) < 4.78 is 29.8. The lowest BCUT2D eigenvalue weighted by Gasteiger charge is -2.09. The summed E-state index contributed by atoms with van der Waals surface area (Å²) in [6.45, 7) is -0.487. The molecule has 3 aromatic rings. The Kier molecular flexibility index (Phi) is 5.55. The molecule has 0 atom stereocenters. The van der Waals surface area contributed by atoms with Gasteiger partial charge >= 0.3 is 5.97 Å². The molecule has 144 valence electrons. The second-order valence-electron chi connectivity index (χ2n) is 5.96. The number of amides is 1. The van der Waals surface area contributed by atoms with Crippen LogP contribution in [0.3, 0.4) is 0 Å². The zero-order valence-electron chi connectivity index (χ0n) is 14.9. The van der Waals surface area contributed by atoms with Gasteiger partial charge in [0.05, 0.1) is 23.0 Å². The van der Waals surface area contributed by atoms with Gasteiger partial charge in [-0.3, -0.25) is 14.5 Å². The van der Waals surface area contributed by atoms with E-state index in [-0.39, 0.29) is 11.3 Å². The van der Waals surface area contributed by atoms with Crippen molar-refractivity contribution in [2.24, 2.45) is 0 Å². The van der Waals surface area contributed by atoms with Gasteiger partial charge in [0.25, 0.3) is 5.91 Å². The van der Waals surface area contributed by atoms with Crippen molar-refractivity contribution in [1.29, 1.82) is 0 Å². The number of anilines is 2. The summed E-state index contributed by atoms with van der Waals surface area (Å²) in [5.41, 5.74) is 1.64. The van der Waals surface area contributed by atoms with Crippen LogP contribution in [0.1, 0.15) is 10.4 Å².